The monoisotopic (exact) mass is 247 g/mol. The maximum atomic E-state index is 12.2. The number of piperidine rings is 1. The zero-order chi connectivity index (χ0) is 13.0. The molecule has 1 aromatic heterocycles. The minimum atomic E-state index is 0.0113. The Morgan fingerprint density at radius 1 is 1.44 bits per heavy atom. The van der Waals surface area contributed by atoms with Crippen LogP contribution in [0, 0.1) is 5.92 Å². The summed E-state index contributed by atoms with van der Waals surface area (Å²) >= 11 is 0. The highest BCUT2D eigenvalue weighted by Gasteiger charge is 2.23. The molecule has 1 aliphatic rings. The first-order valence-corrected chi connectivity index (χ1v) is 6.72. The van der Waals surface area contributed by atoms with Crippen molar-refractivity contribution in [1.82, 2.24) is 9.88 Å². The molecule has 2 rings (SSSR count). The molecular weight excluding hydrogens is 226 g/mol. The molecule has 0 bridgehead atoms. The SMILES string of the molecule is CCCC1CCN(C(=O)c2cccc(N)n2)CC1. The summed E-state index contributed by atoms with van der Waals surface area (Å²) in [5.41, 5.74) is 6.07. The number of pyridine rings is 1. The number of anilines is 1. The highest BCUT2D eigenvalue weighted by molar-refractivity contribution is 5.92. The third kappa shape index (κ3) is 3.00. The fraction of sp³-hybridized carbons (Fsp3) is 0.571. The third-order valence-electron chi connectivity index (χ3n) is 3.59. The van der Waals surface area contributed by atoms with Crippen molar-refractivity contribution >= 4 is 11.7 Å². The number of hydrogen-bond donors (Lipinski definition) is 1. The molecule has 4 nitrogen and oxygen atoms in total. The van der Waals surface area contributed by atoms with Crippen LogP contribution in [-0.4, -0.2) is 28.9 Å². The minimum absolute atomic E-state index is 0.0113. The number of carbonyl (C=O) groups excluding carboxylic acids is 1. The molecule has 0 atom stereocenters. The second-order valence-corrected chi connectivity index (χ2v) is 4.97. The van der Waals surface area contributed by atoms with Crippen molar-refractivity contribution in [1.29, 1.82) is 0 Å². The Morgan fingerprint density at radius 3 is 2.78 bits per heavy atom. The van der Waals surface area contributed by atoms with Crippen LogP contribution >= 0.6 is 0 Å². The van der Waals surface area contributed by atoms with Crippen molar-refractivity contribution < 1.29 is 4.79 Å². The molecule has 1 fully saturated rings. The first-order valence-electron chi connectivity index (χ1n) is 6.72. The molecule has 0 aliphatic carbocycles. The van der Waals surface area contributed by atoms with E-state index in [1.54, 1.807) is 18.2 Å². The number of carbonyl (C=O) groups is 1. The van der Waals surface area contributed by atoms with Crippen LogP contribution in [-0.2, 0) is 0 Å². The van der Waals surface area contributed by atoms with Gasteiger partial charge in [0.25, 0.3) is 5.91 Å². The molecule has 1 aliphatic heterocycles. The van der Waals surface area contributed by atoms with E-state index in [0.717, 1.165) is 31.8 Å². The summed E-state index contributed by atoms with van der Waals surface area (Å²) in [6, 6.07) is 5.21. The quantitative estimate of drug-likeness (QED) is 0.891. The fourth-order valence-corrected chi connectivity index (χ4v) is 2.57. The zero-order valence-corrected chi connectivity index (χ0v) is 10.9. The predicted octanol–water partition coefficient (Wildman–Crippen LogP) is 2.32. The molecular formula is C14H21N3O. The Morgan fingerprint density at radius 2 is 2.17 bits per heavy atom. The highest BCUT2D eigenvalue weighted by atomic mass is 16.2. The average molecular weight is 247 g/mol. The van der Waals surface area contributed by atoms with Crippen molar-refractivity contribution in [3.63, 3.8) is 0 Å². The van der Waals surface area contributed by atoms with Gasteiger partial charge in [0.2, 0.25) is 0 Å². The van der Waals surface area contributed by atoms with E-state index < -0.39 is 0 Å². The first-order chi connectivity index (χ1) is 8.70. The molecule has 1 saturated heterocycles. The average Bonchev–Trinajstić information content (AvgIpc) is 2.39. The van der Waals surface area contributed by atoms with Gasteiger partial charge in [0.15, 0.2) is 0 Å². The summed E-state index contributed by atoms with van der Waals surface area (Å²) < 4.78 is 0. The summed E-state index contributed by atoms with van der Waals surface area (Å²) in [6.45, 7) is 3.91. The Hall–Kier alpha value is -1.58. The third-order valence-corrected chi connectivity index (χ3v) is 3.59. The molecule has 0 radical (unpaired) electrons. The number of hydrogen-bond acceptors (Lipinski definition) is 3. The number of nitrogens with zero attached hydrogens (tertiary/aromatic N) is 2. The Bertz CT molecular complexity index is 411. The smallest absolute Gasteiger partial charge is 0.272 e. The maximum absolute atomic E-state index is 12.2. The molecule has 18 heavy (non-hydrogen) atoms. The van der Waals surface area contributed by atoms with Gasteiger partial charge in [0.05, 0.1) is 0 Å². The number of likely N-dealkylation sites (tertiary alicyclic amines) is 1. The van der Waals surface area contributed by atoms with E-state index in [9.17, 15) is 4.79 Å². The van der Waals surface area contributed by atoms with E-state index in [4.69, 9.17) is 5.73 Å². The van der Waals surface area contributed by atoms with Crippen LogP contribution in [0.15, 0.2) is 18.2 Å². The summed E-state index contributed by atoms with van der Waals surface area (Å²) in [5, 5.41) is 0. The van der Waals surface area contributed by atoms with Crippen LogP contribution in [0.1, 0.15) is 43.1 Å². The molecule has 2 N–H and O–H groups in total. The highest BCUT2D eigenvalue weighted by Crippen LogP contribution is 2.22. The molecule has 2 heterocycles. The Kier molecular flexibility index (Phi) is 4.18. The van der Waals surface area contributed by atoms with Gasteiger partial charge in [0.1, 0.15) is 11.5 Å². The molecule has 0 saturated carbocycles. The van der Waals surface area contributed by atoms with Gasteiger partial charge in [-0.05, 0) is 30.9 Å². The Balaban J connectivity index is 1.95. The number of nitrogens with two attached hydrogens (primary N) is 1. The van der Waals surface area contributed by atoms with Crippen LogP contribution in [0.3, 0.4) is 0 Å². The van der Waals surface area contributed by atoms with Crippen LogP contribution in [0.4, 0.5) is 5.82 Å². The first kappa shape index (κ1) is 12.9. The lowest BCUT2D eigenvalue weighted by Crippen LogP contribution is -2.38. The molecule has 98 valence electrons. The van der Waals surface area contributed by atoms with Gasteiger partial charge in [-0.25, -0.2) is 4.98 Å². The lowest BCUT2D eigenvalue weighted by atomic mass is 9.92. The summed E-state index contributed by atoms with van der Waals surface area (Å²) in [7, 11) is 0. The second-order valence-electron chi connectivity index (χ2n) is 4.97. The van der Waals surface area contributed by atoms with Gasteiger partial charge in [0, 0.05) is 13.1 Å². The van der Waals surface area contributed by atoms with Gasteiger partial charge >= 0.3 is 0 Å². The summed E-state index contributed by atoms with van der Waals surface area (Å²) in [4.78, 5) is 18.2. The molecule has 0 unspecified atom stereocenters. The number of aromatic nitrogens is 1. The van der Waals surface area contributed by atoms with E-state index >= 15 is 0 Å². The lowest BCUT2D eigenvalue weighted by Gasteiger charge is -2.31. The summed E-state index contributed by atoms with van der Waals surface area (Å²) in [5.74, 6) is 1.20. The Labute approximate surface area is 108 Å². The fourth-order valence-electron chi connectivity index (χ4n) is 2.57. The predicted molar refractivity (Wildman–Crippen MR) is 72.2 cm³/mol. The van der Waals surface area contributed by atoms with Crippen LogP contribution in [0.5, 0.6) is 0 Å². The topological polar surface area (TPSA) is 59.2 Å². The van der Waals surface area contributed by atoms with E-state index in [0.29, 0.717) is 11.5 Å². The van der Waals surface area contributed by atoms with Crippen molar-refractivity contribution in [2.75, 3.05) is 18.8 Å². The van der Waals surface area contributed by atoms with E-state index in [1.165, 1.54) is 12.8 Å². The van der Waals surface area contributed by atoms with E-state index in [2.05, 4.69) is 11.9 Å². The largest absolute Gasteiger partial charge is 0.384 e. The minimum Gasteiger partial charge on any atom is -0.384 e. The van der Waals surface area contributed by atoms with Gasteiger partial charge in [-0.1, -0.05) is 25.8 Å². The van der Waals surface area contributed by atoms with Crippen LogP contribution in [0.25, 0.3) is 0 Å². The number of amides is 1. The van der Waals surface area contributed by atoms with Crippen molar-refractivity contribution in [2.45, 2.75) is 32.6 Å². The molecule has 4 heteroatoms. The van der Waals surface area contributed by atoms with Crippen LogP contribution in [0.2, 0.25) is 0 Å². The standard InChI is InChI=1S/C14H21N3O/c1-2-4-11-7-9-17(10-8-11)14(18)12-5-3-6-13(15)16-12/h3,5-6,11H,2,4,7-10H2,1H3,(H2,15,16). The second kappa shape index (κ2) is 5.85. The maximum Gasteiger partial charge on any atom is 0.272 e. The van der Waals surface area contributed by atoms with Crippen molar-refractivity contribution in [3.8, 4) is 0 Å². The van der Waals surface area contributed by atoms with Gasteiger partial charge in [-0.2, -0.15) is 0 Å². The molecule has 1 amide bonds. The normalized spacial score (nSPS) is 16.8. The van der Waals surface area contributed by atoms with Gasteiger partial charge in [-0.3, -0.25) is 4.79 Å². The van der Waals surface area contributed by atoms with E-state index in [-0.39, 0.29) is 5.91 Å². The lowest BCUT2D eigenvalue weighted by molar-refractivity contribution is 0.0681. The molecule has 1 aromatic rings. The van der Waals surface area contributed by atoms with Gasteiger partial charge < -0.3 is 10.6 Å². The van der Waals surface area contributed by atoms with Crippen molar-refractivity contribution in [2.24, 2.45) is 5.92 Å². The summed E-state index contributed by atoms with van der Waals surface area (Å²) in [6.07, 6.45) is 4.73. The van der Waals surface area contributed by atoms with Crippen molar-refractivity contribution in [3.05, 3.63) is 23.9 Å². The van der Waals surface area contributed by atoms with Crippen LogP contribution < -0.4 is 5.73 Å². The number of nitrogen functional groups attached to an aromatic ring is 1. The molecule has 0 spiro atoms. The zero-order valence-electron chi connectivity index (χ0n) is 10.9. The van der Waals surface area contributed by atoms with E-state index in [1.807, 2.05) is 4.90 Å². The molecule has 0 aromatic carbocycles. The van der Waals surface area contributed by atoms with Gasteiger partial charge in [-0.15, -0.1) is 0 Å². The number of rotatable bonds is 3.